The maximum atomic E-state index is 11.9. The second-order valence-corrected chi connectivity index (χ2v) is 5.12. The van der Waals surface area contributed by atoms with Crippen molar-refractivity contribution in [1.29, 1.82) is 0 Å². The molecule has 0 atom stereocenters. The fraction of sp³-hybridized carbons (Fsp3) is 0.600. The summed E-state index contributed by atoms with van der Waals surface area (Å²) in [5.41, 5.74) is 1.40. The Balaban J connectivity index is 2.43. The lowest BCUT2D eigenvalue weighted by molar-refractivity contribution is 0.0948. The van der Waals surface area contributed by atoms with Gasteiger partial charge < -0.3 is 15.5 Å². The van der Waals surface area contributed by atoms with Crippen molar-refractivity contribution >= 4 is 11.6 Å². The molecule has 5 nitrogen and oxygen atoms in total. The molecular formula is C15H26N4O. The number of likely N-dealkylation sites (N-methyl/N-ethyl adjacent to an activating group) is 1. The maximum Gasteiger partial charge on any atom is 0.269 e. The lowest BCUT2D eigenvalue weighted by Crippen LogP contribution is -2.25. The Kier molecular flexibility index (Phi) is 7.65. The van der Waals surface area contributed by atoms with Gasteiger partial charge in [-0.05, 0) is 32.6 Å². The number of unbranched alkanes of at least 4 members (excludes halogenated alkanes) is 2. The van der Waals surface area contributed by atoms with Gasteiger partial charge in [-0.15, -0.1) is 0 Å². The van der Waals surface area contributed by atoms with Crippen molar-refractivity contribution in [3.8, 4) is 0 Å². The Morgan fingerprint density at radius 1 is 1.30 bits per heavy atom. The van der Waals surface area contributed by atoms with E-state index in [0.29, 0.717) is 12.2 Å². The molecule has 1 rings (SSSR count). The zero-order valence-electron chi connectivity index (χ0n) is 12.8. The molecule has 0 aliphatic carbocycles. The van der Waals surface area contributed by atoms with E-state index in [9.17, 15) is 4.79 Å². The van der Waals surface area contributed by atoms with Crippen molar-refractivity contribution in [1.82, 2.24) is 15.2 Å². The number of nitrogens with one attached hydrogen (secondary N) is 2. The molecule has 0 saturated heterocycles. The van der Waals surface area contributed by atoms with Crippen molar-refractivity contribution in [3.63, 3.8) is 0 Å². The van der Waals surface area contributed by atoms with E-state index in [-0.39, 0.29) is 5.91 Å². The van der Waals surface area contributed by atoms with Gasteiger partial charge in [0.05, 0.1) is 0 Å². The predicted octanol–water partition coefficient (Wildman–Crippen LogP) is 1.98. The van der Waals surface area contributed by atoms with Crippen LogP contribution in [-0.4, -0.2) is 49.5 Å². The second-order valence-electron chi connectivity index (χ2n) is 5.12. The summed E-state index contributed by atoms with van der Waals surface area (Å²) < 4.78 is 0. The van der Waals surface area contributed by atoms with Gasteiger partial charge in [0.15, 0.2) is 0 Å². The molecule has 1 aromatic rings. The van der Waals surface area contributed by atoms with Gasteiger partial charge in [0.2, 0.25) is 0 Å². The molecule has 1 aromatic heterocycles. The molecule has 2 N–H and O–H groups in total. The summed E-state index contributed by atoms with van der Waals surface area (Å²) in [5, 5.41) is 6.18. The maximum absolute atomic E-state index is 11.9. The molecule has 112 valence electrons. The monoisotopic (exact) mass is 278 g/mol. The van der Waals surface area contributed by atoms with Crippen LogP contribution in [0.5, 0.6) is 0 Å². The van der Waals surface area contributed by atoms with E-state index in [4.69, 9.17) is 0 Å². The van der Waals surface area contributed by atoms with Crippen LogP contribution in [0.2, 0.25) is 0 Å². The third-order valence-electron chi connectivity index (χ3n) is 2.95. The molecule has 1 amide bonds. The average Bonchev–Trinajstić information content (AvgIpc) is 2.43. The van der Waals surface area contributed by atoms with Gasteiger partial charge in [-0.1, -0.05) is 19.8 Å². The van der Waals surface area contributed by atoms with Crippen molar-refractivity contribution in [2.75, 3.05) is 39.0 Å². The normalized spacial score (nSPS) is 10.6. The molecule has 0 aromatic carbocycles. The van der Waals surface area contributed by atoms with Gasteiger partial charge in [0.1, 0.15) is 5.69 Å². The van der Waals surface area contributed by atoms with E-state index in [1.165, 1.54) is 0 Å². The van der Waals surface area contributed by atoms with Gasteiger partial charge in [0, 0.05) is 31.5 Å². The minimum atomic E-state index is -0.0997. The molecule has 20 heavy (non-hydrogen) atoms. The van der Waals surface area contributed by atoms with Crippen LogP contribution in [0.15, 0.2) is 18.3 Å². The van der Waals surface area contributed by atoms with Crippen LogP contribution >= 0.6 is 0 Å². The van der Waals surface area contributed by atoms with Gasteiger partial charge in [-0.2, -0.15) is 0 Å². The smallest absolute Gasteiger partial charge is 0.269 e. The summed E-state index contributed by atoms with van der Waals surface area (Å²) in [4.78, 5) is 18.2. The number of amides is 1. The Morgan fingerprint density at radius 2 is 2.10 bits per heavy atom. The van der Waals surface area contributed by atoms with Crippen molar-refractivity contribution in [3.05, 3.63) is 24.0 Å². The van der Waals surface area contributed by atoms with E-state index in [1.807, 2.05) is 20.2 Å². The first-order chi connectivity index (χ1) is 9.63. The van der Waals surface area contributed by atoms with Crippen LogP contribution in [0.4, 0.5) is 5.69 Å². The van der Waals surface area contributed by atoms with E-state index >= 15 is 0 Å². The molecule has 1 heterocycles. The molecule has 5 heteroatoms. The fourth-order valence-electron chi connectivity index (χ4n) is 1.76. The third-order valence-corrected chi connectivity index (χ3v) is 2.95. The van der Waals surface area contributed by atoms with Crippen LogP contribution in [0.3, 0.4) is 0 Å². The zero-order chi connectivity index (χ0) is 14.8. The summed E-state index contributed by atoms with van der Waals surface area (Å²) >= 11 is 0. The molecular weight excluding hydrogens is 252 g/mol. The number of hydrogen-bond donors (Lipinski definition) is 2. The number of nitrogens with zero attached hydrogens (tertiary/aromatic N) is 2. The van der Waals surface area contributed by atoms with Gasteiger partial charge >= 0.3 is 0 Å². The summed E-state index contributed by atoms with van der Waals surface area (Å²) in [5.74, 6) is -0.0997. The number of carbonyl (C=O) groups excluding carboxylic acids is 1. The zero-order valence-corrected chi connectivity index (χ0v) is 12.8. The fourth-order valence-corrected chi connectivity index (χ4v) is 1.76. The van der Waals surface area contributed by atoms with E-state index in [2.05, 4.69) is 27.4 Å². The van der Waals surface area contributed by atoms with Crippen molar-refractivity contribution < 1.29 is 4.79 Å². The lowest BCUT2D eigenvalue weighted by Gasteiger charge is -2.12. The Morgan fingerprint density at radius 3 is 2.80 bits per heavy atom. The minimum Gasteiger partial charge on any atom is -0.384 e. The highest BCUT2D eigenvalue weighted by atomic mass is 16.1. The van der Waals surface area contributed by atoms with E-state index in [1.54, 1.807) is 12.3 Å². The third kappa shape index (κ3) is 6.52. The number of pyridine rings is 1. The number of aromatic nitrogens is 1. The highest BCUT2D eigenvalue weighted by molar-refractivity contribution is 5.93. The van der Waals surface area contributed by atoms with E-state index < -0.39 is 0 Å². The highest BCUT2D eigenvalue weighted by Gasteiger charge is 2.06. The molecule has 0 aliphatic heterocycles. The lowest BCUT2D eigenvalue weighted by atomic mass is 10.2. The first kappa shape index (κ1) is 16.4. The van der Waals surface area contributed by atoms with E-state index in [0.717, 1.165) is 38.0 Å². The van der Waals surface area contributed by atoms with Gasteiger partial charge in [-0.3, -0.25) is 9.78 Å². The summed E-state index contributed by atoms with van der Waals surface area (Å²) in [6, 6.07) is 3.67. The predicted molar refractivity (Wildman–Crippen MR) is 83.1 cm³/mol. The average molecular weight is 278 g/mol. The van der Waals surface area contributed by atoms with Crippen molar-refractivity contribution in [2.45, 2.75) is 26.2 Å². The quantitative estimate of drug-likeness (QED) is 0.678. The Labute approximate surface area is 121 Å². The number of carbonyl (C=O) groups is 1. The van der Waals surface area contributed by atoms with Crippen LogP contribution in [0, 0.1) is 0 Å². The Bertz CT molecular complexity index is 407. The topological polar surface area (TPSA) is 57.3 Å². The number of rotatable bonds is 9. The summed E-state index contributed by atoms with van der Waals surface area (Å²) in [6.45, 7) is 4.65. The molecule has 0 radical (unpaired) electrons. The largest absolute Gasteiger partial charge is 0.384 e. The van der Waals surface area contributed by atoms with Crippen LogP contribution in [-0.2, 0) is 0 Å². The molecule has 0 bridgehead atoms. The van der Waals surface area contributed by atoms with Gasteiger partial charge in [-0.25, -0.2) is 0 Å². The molecule has 0 fully saturated rings. The first-order valence-corrected chi connectivity index (χ1v) is 7.26. The van der Waals surface area contributed by atoms with Crippen molar-refractivity contribution in [2.24, 2.45) is 0 Å². The van der Waals surface area contributed by atoms with Crippen LogP contribution in [0.25, 0.3) is 0 Å². The number of anilines is 1. The Hall–Kier alpha value is -1.62. The first-order valence-electron chi connectivity index (χ1n) is 7.26. The minimum absolute atomic E-state index is 0.0997. The molecule has 0 saturated carbocycles. The SMILES string of the molecule is CCCCCNC(=O)c1cc(NCCN(C)C)ccn1. The molecule has 0 spiro atoms. The highest BCUT2D eigenvalue weighted by Crippen LogP contribution is 2.07. The molecule has 0 aliphatic rings. The molecule has 0 unspecified atom stereocenters. The van der Waals surface area contributed by atoms with Crippen LogP contribution in [0.1, 0.15) is 36.7 Å². The summed E-state index contributed by atoms with van der Waals surface area (Å²) in [6.07, 6.45) is 4.97. The standard InChI is InChI=1S/C15H26N4O/c1-4-5-6-8-18-15(20)14-12-13(7-9-17-14)16-10-11-19(2)3/h7,9,12H,4-6,8,10-11H2,1-3H3,(H,16,17)(H,18,20). The summed E-state index contributed by atoms with van der Waals surface area (Å²) in [7, 11) is 4.06. The second kappa shape index (κ2) is 9.31. The van der Waals surface area contributed by atoms with Gasteiger partial charge in [0.25, 0.3) is 5.91 Å². The number of hydrogen-bond acceptors (Lipinski definition) is 4. The van der Waals surface area contributed by atoms with Crippen LogP contribution < -0.4 is 10.6 Å².